The van der Waals surface area contributed by atoms with E-state index < -0.39 is 12.0 Å². The largest absolute Gasteiger partial charge is 0.480 e. The number of carbonyl (C=O) groups excluding carboxylic acids is 1. The molecular weight excluding hydrogens is 272 g/mol. The minimum atomic E-state index is -0.815. The summed E-state index contributed by atoms with van der Waals surface area (Å²) in [5.74, 6) is -0.815. The molecule has 21 heavy (non-hydrogen) atoms. The van der Waals surface area contributed by atoms with Crippen molar-refractivity contribution in [1.29, 1.82) is 0 Å². The van der Waals surface area contributed by atoms with Gasteiger partial charge in [-0.25, -0.2) is 4.79 Å². The van der Waals surface area contributed by atoms with Gasteiger partial charge in [-0.3, -0.25) is 9.69 Å². The monoisotopic (exact) mass is 300 g/mol. The maximum atomic E-state index is 12.1. The van der Waals surface area contributed by atoms with Crippen LogP contribution in [0.15, 0.2) is 0 Å². The lowest BCUT2D eigenvalue weighted by atomic mass is 10.2. The van der Waals surface area contributed by atoms with Gasteiger partial charge in [-0.1, -0.05) is 0 Å². The molecule has 2 amide bonds. The minimum absolute atomic E-state index is 0.0520. The highest BCUT2D eigenvalue weighted by molar-refractivity contribution is 5.75. The van der Waals surface area contributed by atoms with Crippen LogP contribution in [0.25, 0.3) is 0 Å². The van der Waals surface area contributed by atoms with Crippen LogP contribution >= 0.6 is 0 Å². The van der Waals surface area contributed by atoms with E-state index in [1.165, 1.54) is 0 Å². The second-order valence-corrected chi connectivity index (χ2v) is 5.98. The van der Waals surface area contributed by atoms with Gasteiger partial charge in [-0.05, 0) is 40.9 Å². The standard InChI is InChI=1S/C14H28N4O3/c1-11(5-6-16(3)4)15-14(21)18-9-7-17(8-10-18)12(2)13(19)20/h11-12H,5-10H2,1-4H3,(H,15,21)(H,19,20). The van der Waals surface area contributed by atoms with Crippen molar-refractivity contribution in [3.63, 3.8) is 0 Å². The van der Waals surface area contributed by atoms with E-state index in [0.29, 0.717) is 26.2 Å². The van der Waals surface area contributed by atoms with Crippen LogP contribution in [0.2, 0.25) is 0 Å². The summed E-state index contributed by atoms with van der Waals surface area (Å²) in [4.78, 5) is 28.8. The molecule has 7 heteroatoms. The third-order valence-electron chi connectivity index (χ3n) is 3.89. The lowest BCUT2D eigenvalue weighted by Gasteiger charge is -2.37. The van der Waals surface area contributed by atoms with Gasteiger partial charge in [0.15, 0.2) is 0 Å². The molecule has 1 heterocycles. The number of nitrogens with one attached hydrogen (secondary N) is 1. The normalized spacial score (nSPS) is 19.4. The Morgan fingerprint density at radius 3 is 2.24 bits per heavy atom. The van der Waals surface area contributed by atoms with Crippen LogP contribution < -0.4 is 5.32 Å². The van der Waals surface area contributed by atoms with Gasteiger partial charge in [-0.2, -0.15) is 0 Å². The first kappa shape index (κ1) is 17.7. The Balaban J connectivity index is 2.33. The van der Waals surface area contributed by atoms with Gasteiger partial charge in [0, 0.05) is 32.2 Å². The fraction of sp³-hybridized carbons (Fsp3) is 0.857. The van der Waals surface area contributed by atoms with E-state index in [-0.39, 0.29) is 12.1 Å². The Kier molecular flexibility index (Phi) is 6.91. The van der Waals surface area contributed by atoms with E-state index in [4.69, 9.17) is 5.11 Å². The molecule has 0 aliphatic carbocycles. The Morgan fingerprint density at radius 1 is 1.19 bits per heavy atom. The van der Waals surface area contributed by atoms with E-state index >= 15 is 0 Å². The summed E-state index contributed by atoms with van der Waals surface area (Å²) < 4.78 is 0. The Hall–Kier alpha value is -1.34. The van der Waals surface area contributed by atoms with Crippen molar-refractivity contribution in [2.24, 2.45) is 0 Å². The highest BCUT2D eigenvalue weighted by atomic mass is 16.4. The SMILES string of the molecule is CC(CCN(C)C)NC(=O)N1CCN(C(C)C(=O)O)CC1. The van der Waals surface area contributed by atoms with Crippen molar-refractivity contribution in [3.8, 4) is 0 Å². The van der Waals surface area contributed by atoms with Gasteiger partial charge in [0.05, 0.1) is 0 Å². The molecule has 0 bridgehead atoms. The number of carboxylic acid groups (broad SMARTS) is 1. The quantitative estimate of drug-likeness (QED) is 0.729. The van der Waals surface area contributed by atoms with Gasteiger partial charge in [0.25, 0.3) is 0 Å². The number of hydrogen-bond donors (Lipinski definition) is 2. The topological polar surface area (TPSA) is 76.1 Å². The minimum Gasteiger partial charge on any atom is -0.480 e. The average molecular weight is 300 g/mol. The van der Waals surface area contributed by atoms with Gasteiger partial charge < -0.3 is 20.2 Å². The molecule has 0 saturated carbocycles. The molecule has 1 fully saturated rings. The summed E-state index contributed by atoms with van der Waals surface area (Å²) in [6.07, 6.45) is 0.911. The summed E-state index contributed by atoms with van der Waals surface area (Å²) in [6.45, 7) is 6.98. The molecule has 7 nitrogen and oxygen atoms in total. The van der Waals surface area contributed by atoms with Crippen molar-refractivity contribution < 1.29 is 14.7 Å². The van der Waals surface area contributed by atoms with Gasteiger partial charge >= 0.3 is 12.0 Å². The van der Waals surface area contributed by atoms with E-state index in [1.807, 2.05) is 25.9 Å². The molecule has 1 aliphatic rings. The molecule has 0 aromatic heterocycles. The summed E-state index contributed by atoms with van der Waals surface area (Å²) in [6, 6.07) is -0.408. The second kappa shape index (κ2) is 8.19. The number of nitrogens with zero attached hydrogens (tertiary/aromatic N) is 3. The summed E-state index contributed by atoms with van der Waals surface area (Å²) in [5.41, 5.74) is 0. The molecule has 1 saturated heterocycles. The fourth-order valence-electron chi connectivity index (χ4n) is 2.29. The first-order valence-electron chi connectivity index (χ1n) is 7.48. The van der Waals surface area contributed by atoms with Crippen molar-refractivity contribution in [2.45, 2.75) is 32.4 Å². The number of urea groups is 1. The maximum Gasteiger partial charge on any atom is 0.320 e. The zero-order valence-corrected chi connectivity index (χ0v) is 13.5. The second-order valence-electron chi connectivity index (χ2n) is 5.98. The maximum absolute atomic E-state index is 12.1. The van der Waals surface area contributed by atoms with Crippen LogP contribution in [0.5, 0.6) is 0 Å². The zero-order valence-electron chi connectivity index (χ0n) is 13.5. The summed E-state index contributed by atoms with van der Waals surface area (Å²) in [7, 11) is 4.02. The van der Waals surface area contributed by atoms with E-state index in [1.54, 1.807) is 11.8 Å². The zero-order chi connectivity index (χ0) is 16.0. The van der Waals surface area contributed by atoms with Crippen LogP contribution in [0.4, 0.5) is 4.79 Å². The molecule has 0 radical (unpaired) electrons. The number of carboxylic acids is 1. The summed E-state index contributed by atoms with van der Waals surface area (Å²) in [5, 5.41) is 12.0. The molecule has 1 aliphatic heterocycles. The molecule has 0 aromatic rings. The highest BCUT2D eigenvalue weighted by Gasteiger charge is 2.27. The van der Waals surface area contributed by atoms with E-state index in [0.717, 1.165) is 13.0 Å². The average Bonchev–Trinajstić information content (AvgIpc) is 2.44. The van der Waals surface area contributed by atoms with Gasteiger partial charge in [0.2, 0.25) is 0 Å². The number of hydrogen-bond acceptors (Lipinski definition) is 4. The number of carbonyl (C=O) groups is 2. The molecule has 0 spiro atoms. The Morgan fingerprint density at radius 2 is 1.76 bits per heavy atom. The molecule has 2 N–H and O–H groups in total. The highest BCUT2D eigenvalue weighted by Crippen LogP contribution is 2.07. The first-order chi connectivity index (χ1) is 9.81. The lowest BCUT2D eigenvalue weighted by Crippen LogP contribution is -2.56. The number of aliphatic carboxylic acids is 1. The van der Waals surface area contributed by atoms with Crippen LogP contribution in [-0.2, 0) is 4.79 Å². The lowest BCUT2D eigenvalue weighted by molar-refractivity contribution is -0.143. The number of amides is 2. The van der Waals surface area contributed by atoms with Crippen LogP contribution in [0.3, 0.4) is 0 Å². The van der Waals surface area contributed by atoms with Crippen molar-refractivity contribution in [2.75, 3.05) is 46.8 Å². The van der Waals surface area contributed by atoms with Crippen LogP contribution in [-0.4, -0.2) is 90.7 Å². The first-order valence-corrected chi connectivity index (χ1v) is 7.48. The Bertz CT molecular complexity index is 354. The van der Waals surface area contributed by atoms with Gasteiger partial charge in [-0.15, -0.1) is 0 Å². The number of piperazine rings is 1. The number of rotatable bonds is 6. The smallest absolute Gasteiger partial charge is 0.320 e. The fourth-order valence-corrected chi connectivity index (χ4v) is 2.29. The molecule has 2 atom stereocenters. The molecular formula is C14H28N4O3. The van der Waals surface area contributed by atoms with Crippen molar-refractivity contribution >= 4 is 12.0 Å². The third kappa shape index (κ3) is 5.89. The summed E-state index contributed by atoms with van der Waals surface area (Å²) >= 11 is 0. The van der Waals surface area contributed by atoms with E-state index in [2.05, 4.69) is 10.2 Å². The van der Waals surface area contributed by atoms with Crippen molar-refractivity contribution in [1.82, 2.24) is 20.0 Å². The molecule has 1 rings (SSSR count). The van der Waals surface area contributed by atoms with E-state index in [9.17, 15) is 9.59 Å². The van der Waals surface area contributed by atoms with Crippen molar-refractivity contribution in [3.05, 3.63) is 0 Å². The predicted molar refractivity (Wildman–Crippen MR) is 81.4 cm³/mol. The Labute approximate surface area is 126 Å². The molecule has 2 unspecified atom stereocenters. The van der Waals surface area contributed by atoms with Gasteiger partial charge in [0.1, 0.15) is 6.04 Å². The van der Waals surface area contributed by atoms with Crippen LogP contribution in [0.1, 0.15) is 20.3 Å². The molecule has 122 valence electrons. The predicted octanol–water partition coefficient (Wildman–Crippen LogP) is 0.127. The molecule has 0 aromatic carbocycles. The third-order valence-corrected chi connectivity index (χ3v) is 3.89. The van der Waals surface area contributed by atoms with Crippen LogP contribution in [0, 0.1) is 0 Å².